The number of carbonyl (C=O) groups is 1. The molecule has 5 heteroatoms. The molecule has 1 N–H and O–H groups in total. The van der Waals surface area contributed by atoms with Crippen LogP contribution in [0, 0.1) is 18.3 Å². The zero-order valence-corrected chi connectivity index (χ0v) is 17.5. The van der Waals surface area contributed by atoms with Gasteiger partial charge in [-0.15, -0.1) is 0 Å². The average molecular weight is 382 g/mol. The second-order valence-corrected chi connectivity index (χ2v) is 8.01. The second-order valence-electron chi connectivity index (χ2n) is 6.82. The van der Waals surface area contributed by atoms with Gasteiger partial charge in [0.2, 0.25) is 5.91 Å². The van der Waals surface area contributed by atoms with Crippen molar-refractivity contribution >= 4 is 23.4 Å². The molecule has 1 aromatic carbocycles. The second kappa shape index (κ2) is 9.57. The van der Waals surface area contributed by atoms with Crippen LogP contribution in [0.15, 0.2) is 35.4 Å². The number of nitrogens with zero attached hydrogens (tertiary/aromatic N) is 2. The standard InChI is InChI=1S/C22H27N3OS/c1-6-16-10-8-9-15(5)20(16)25-21(26)19(7-2)27-22-17(13-23)11-12-18(24-22)14(3)4/h8-12,14,19H,6-7H2,1-5H3,(H,25,26). The van der Waals surface area contributed by atoms with E-state index in [4.69, 9.17) is 0 Å². The summed E-state index contributed by atoms with van der Waals surface area (Å²) in [6.07, 6.45) is 1.51. The first-order chi connectivity index (χ1) is 12.9. The maximum Gasteiger partial charge on any atom is 0.237 e. The summed E-state index contributed by atoms with van der Waals surface area (Å²) in [4.78, 5) is 17.6. The average Bonchev–Trinajstić information content (AvgIpc) is 2.67. The molecular formula is C22H27N3OS. The molecule has 1 atom stereocenters. The summed E-state index contributed by atoms with van der Waals surface area (Å²) in [7, 11) is 0. The van der Waals surface area contributed by atoms with Crippen molar-refractivity contribution in [1.29, 1.82) is 5.26 Å². The molecule has 0 aliphatic carbocycles. The SMILES string of the molecule is CCc1cccc(C)c1NC(=O)C(CC)Sc1nc(C(C)C)ccc1C#N. The van der Waals surface area contributed by atoms with E-state index < -0.39 is 0 Å². The first-order valence-electron chi connectivity index (χ1n) is 9.38. The lowest BCUT2D eigenvalue weighted by molar-refractivity contribution is -0.115. The first kappa shape index (κ1) is 21.0. The normalized spacial score (nSPS) is 11.9. The molecule has 1 heterocycles. The van der Waals surface area contributed by atoms with Gasteiger partial charge in [-0.25, -0.2) is 4.98 Å². The summed E-state index contributed by atoms with van der Waals surface area (Å²) < 4.78 is 0. The number of amides is 1. The molecule has 142 valence electrons. The molecular weight excluding hydrogens is 354 g/mol. The van der Waals surface area contributed by atoms with Gasteiger partial charge in [0.1, 0.15) is 11.1 Å². The predicted octanol–water partition coefficient (Wildman–Crippen LogP) is 5.46. The van der Waals surface area contributed by atoms with Gasteiger partial charge in [-0.3, -0.25) is 4.79 Å². The number of hydrogen-bond acceptors (Lipinski definition) is 4. The molecule has 0 saturated heterocycles. The number of nitriles is 1. The molecule has 1 unspecified atom stereocenters. The third kappa shape index (κ3) is 5.11. The quantitative estimate of drug-likeness (QED) is 0.647. The van der Waals surface area contributed by atoms with Crippen LogP contribution in [0.3, 0.4) is 0 Å². The van der Waals surface area contributed by atoms with E-state index in [1.165, 1.54) is 11.8 Å². The highest BCUT2D eigenvalue weighted by Gasteiger charge is 2.22. The summed E-state index contributed by atoms with van der Waals surface area (Å²) in [5.41, 5.74) is 4.52. The number of pyridine rings is 1. The van der Waals surface area contributed by atoms with Crippen LogP contribution < -0.4 is 5.32 Å². The molecule has 1 amide bonds. The molecule has 0 aliphatic heterocycles. The van der Waals surface area contributed by atoms with E-state index in [0.717, 1.165) is 28.9 Å². The molecule has 0 saturated carbocycles. The number of hydrogen-bond donors (Lipinski definition) is 1. The lowest BCUT2D eigenvalue weighted by Gasteiger charge is -2.18. The Labute approximate surface area is 166 Å². The van der Waals surface area contributed by atoms with E-state index in [2.05, 4.69) is 37.1 Å². The third-order valence-corrected chi connectivity index (χ3v) is 5.87. The number of anilines is 1. The molecule has 0 aliphatic rings. The highest BCUT2D eigenvalue weighted by molar-refractivity contribution is 8.00. The van der Waals surface area contributed by atoms with E-state index in [1.807, 2.05) is 38.1 Å². The molecule has 0 fully saturated rings. The summed E-state index contributed by atoms with van der Waals surface area (Å²) in [5.74, 6) is 0.220. The van der Waals surface area contributed by atoms with Gasteiger partial charge in [0, 0.05) is 11.4 Å². The molecule has 2 aromatic rings. The minimum atomic E-state index is -0.309. The Hall–Kier alpha value is -2.32. The van der Waals surface area contributed by atoms with Crippen molar-refractivity contribution in [2.75, 3.05) is 5.32 Å². The Morgan fingerprint density at radius 1 is 1.26 bits per heavy atom. The smallest absolute Gasteiger partial charge is 0.237 e. The number of aromatic nitrogens is 1. The van der Waals surface area contributed by atoms with Crippen molar-refractivity contribution in [3.8, 4) is 6.07 Å². The van der Waals surface area contributed by atoms with Crippen molar-refractivity contribution in [3.05, 3.63) is 52.7 Å². The number of para-hydroxylation sites is 1. The van der Waals surface area contributed by atoms with E-state index in [0.29, 0.717) is 17.0 Å². The monoisotopic (exact) mass is 381 g/mol. The molecule has 4 nitrogen and oxygen atoms in total. The van der Waals surface area contributed by atoms with E-state index in [9.17, 15) is 10.1 Å². The number of nitrogens with one attached hydrogen (secondary N) is 1. The zero-order chi connectivity index (χ0) is 20.0. The highest BCUT2D eigenvalue weighted by atomic mass is 32.2. The van der Waals surface area contributed by atoms with Crippen LogP contribution in [0.5, 0.6) is 0 Å². The third-order valence-electron chi connectivity index (χ3n) is 4.50. The van der Waals surface area contributed by atoms with Crippen molar-refractivity contribution in [2.45, 2.75) is 63.7 Å². The maximum atomic E-state index is 12.9. The van der Waals surface area contributed by atoms with Gasteiger partial charge in [-0.05, 0) is 48.9 Å². The van der Waals surface area contributed by atoms with Crippen LogP contribution in [0.1, 0.15) is 62.4 Å². The topological polar surface area (TPSA) is 65.8 Å². The minimum absolute atomic E-state index is 0.0489. The fourth-order valence-corrected chi connectivity index (χ4v) is 3.81. The number of benzene rings is 1. The van der Waals surface area contributed by atoms with Gasteiger partial charge in [0.25, 0.3) is 0 Å². The maximum absolute atomic E-state index is 12.9. The Morgan fingerprint density at radius 3 is 2.59 bits per heavy atom. The highest BCUT2D eigenvalue weighted by Crippen LogP contribution is 2.30. The molecule has 0 radical (unpaired) electrons. The Kier molecular flexibility index (Phi) is 7.44. The summed E-state index contributed by atoms with van der Waals surface area (Å²) in [6, 6.07) is 11.9. The van der Waals surface area contributed by atoms with Gasteiger partial charge in [0.05, 0.1) is 10.8 Å². The van der Waals surface area contributed by atoms with Gasteiger partial charge >= 0.3 is 0 Å². The van der Waals surface area contributed by atoms with E-state index in [-0.39, 0.29) is 17.1 Å². The predicted molar refractivity (Wildman–Crippen MR) is 112 cm³/mol. The summed E-state index contributed by atoms with van der Waals surface area (Å²) >= 11 is 1.37. The number of thioether (sulfide) groups is 1. The zero-order valence-electron chi connectivity index (χ0n) is 16.7. The fourth-order valence-electron chi connectivity index (χ4n) is 2.81. The Bertz CT molecular complexity index is 855. The fraction of sp³-hybridized carbons (Fsp3) is 0.409. The summed E-state index contributed by atoms with van der Waals surface area (Å²) in [5, 5.41) is 12.8. The molecule has 2 rings (SSSR count). The largest absolute Gasteiger partial charge is 0.325 e. The van der Waals surface area contributed by atoms with Crippen LogP contribution in [0.4, 0.5) is 5.69 Å². The van der Waals surface area contributed by atoms with Crippen LogP contribution in [-0.2, 0) is 11.2 Å². The molecule has 0 spiro atoms. The molecule has 0 bridgehead atoms. The van der Waals surface area contributed by atoms with Gasteiger partial charge in [-0.1, -0.05) is 57.7 Å². The minimum Gasteiger partial charge on any atom is -0.325 e. The number of aryl methyl sites for hydroxylation is 2. The van der Waals surface area contributed by atoms with Gasteiger partial charge in [-0.2, -0.15) is 5.26 Å². The number of rotatable bonds is 7. The van der Waals surface area contributed by atoms with Crippen molar-refractivity contribution in [2.24, 2.45) is 0 Å². The summed E-state index contributed by atoms with van der Waals surface area (Å²) in [6.45, 7) is 10.2. The van der Waals surface area contributed by atoms with Gasteiger partial charge in [0.15, 0.2) is 0 Å². The lowest BCUT2D eigenvalue weighted by atomic mass is 10.1. The number of carbonyl (C=O) groups excluding carboxylic acids is 1. The van der Waals surface area contributed by atoms with E-state index in [1.54, 1.807) is 6.07 Å². The van der Waals surface area contributed by atoms with Crippen LogP contribution in [0.25, 0.3) is 0 Å². The van der Waals surface area contributed by atoms with Crippen LogP contribution >= 0.6 is 11.8 Å². The first-order valence-corrected chi connectivity index (χ1v) is 10.3. The van der Waals surface area contributed by atoms with Crippen molar-refractivity contribution < 1.29 is 4.79 Å². The van der Waals surface area contributed by atoms with Crippen molar-refractivity contribution in [3.63, 3.8) is 0 Å². The molecule has 1 aromatic heterocycles. The van der Waals surface area contributed by atoms with Gasteiger partial charge < -0.3 is 5.32 Å². The Morgan fingerprint density at radius 2 is 2.00 bits per heavy atom. The lowest BCUT2D eigenvalue weighted by Crippen LogP contribution is -2.26. The molecule has 27 heavy (non-hydrogen) atoms. The Balaban J connectivity index is 2.27. The van der Waals surface area contributed by atoms with E-state index >= 15 is 0 Å². The van der Waals surface area contributed by atoms with Crippen molar-refractivity contribution in [1.82, 2.24) is 4.98 Å². The van der Waals surface area contributed by atoms with Crippen LogP contribution in [0.2, 0.25) is 0 Å². The van der Waals surface area contributed by atoms with Crippen LogP contribution in [-0.4, -0.2) is 16.1 Å².